The van der Waals surface area contributed by atoms with Gasteiger partial charge in [-0.3, -0.25) is 0 Å². The molecule has 2 N–H and O–H groups in total. The number of aromatic nitrogens is 4. The maximum atomic E-state index is 6.22. The molecule has 0 fully saturated rings. The highest BCUT2D eigenvalue weighted by Gasteiger charge is 2.09. The van der Waals surface area contributed by atoms with Crippen molar-refractivity contribution >= 4 is 39.8 Å². The molecule has 4 heterocycles. The monoisotopic (exact) mass is 345 g/mol. The summed E-state index contributed by atoms with van der Waals surface area (Å²) in [6.45, 7) is 0.396. The second kappa shape index (κ2) is 6.02. The normalized spacial score (nSPS) is 11.2. The van der Waals surface area contributed by atoms with E-state index in [9.17, 15) is 0 Å². The number of hydrogen-bond donors (Lipinski definition) is 2. The van der Waals surface area contributed by atoms with Gasteiger partial charge in [0, 0.05) is 22.9 Å². The van der Waals surface area contributed by atoms with E-state index in [1.165, 1.54) is 4.88 Å². The molecule has 8 heteroatoms. The van der Waals surface area contributed by atoms with E-state index in [0.29, 0.717) is 35.5 Å². The van der Waals surface area contributed by atoms with E-state index in [4.69, 9.17) is 16.1 Å². The zero-order valence-corrected chi connectivity index (χ0v) is 13.5. The predicted octanol–water partition coefficient (Wildman–Crippen LogP) is 3.86. The first-order chi connectivity index (χ1) is 11.3. The van der Waals surface area contributed by atoms with Crippen molar-refractivity contribution in [3.8, 4) is 0 Å². The van der Waals surface area contributed by atoms with E-state index in [1.54, 1.807) is 17.4 Å². The first kappa shape index (κ1) is 14.2. The summed E-state index contributed by atoms with van der Waals surface area (Å²) in [6, 6.07) is 7.73. The van der Waals surface area contributed by atoms with Crippen LogP contribution in [0, 0.1) is 0 Å². The van der Waals surface area contributed by atoms with Crippen LogP contribution in [0.15, 0.2) is 40.4 Å². The second-order valence-corrected chi connectivity index (χ2v) is 6.38. The van der Waals surface area contributed by atoms with Gasteiger partial charge in [0.05, 0.1) is 11.6 Å². The molecule has 0 saturated carbocycles. The Morgan fingerprint density at radius 2 is 2.26 bits per heavy atom. The van der Waals surface area contributed by atoms with Crippen LogP contribution >= 0.6 is 22.9 Å². The number of fused-ring (bicyclic) bond motifs is 1. The number of nitrogens with one attached hydrogen (secondary N) is 2. The highest BCUT2D eigenvalue weighted by molar-refractivity contribution is 7.09. The molecule has 0 unspecified atom stereocenters. The van der Waals surface area contributed by atoms with Crippen LogP contribution in [0.5, 0.6) is 0 Å². The molecule has 0 atom stereocenters. The maximum absolute atomic E-state index is 6.22. The highest BCUT2D eigenvalue weighted by Crippen LogP contribution is 2.24. The SMILES string of the molecule is Clc1cc(NCc2nc(Cc3cccs3)no2)nc2[nH]ccc12. The second-order valence-electron chi connectivity index (χ2n) is 4.94. The van der Waals surface area contributed by atoms with Crippen LogP contribution in [0.4, 0.5) is 5.82 Å². The van der Waals surface area contributed by atoms with Gasteiger partial charge in [0.25, 0.3) is 0 Å². The van der Waals surface area contributed by atoms with E-state index in [0.717, 1.165) is 11.0 Å². The van der Waals surface area contributed by atoms with Gasteiger partial charge >= 0.3 is 0 Å². The molecule has 0 amide bonds. The third kappa shape index (κ3) is 3.06. The average molecular weight is 346 g/mol. The van der Waals surface area contributed by atoms with Crippen LogP contribution in [-0.4, -0.2) is 20.1 Å². The number of thiophene rings is 1. The predicted molar refractivity (Wildman–Crippen MR) is 89.9 cm³/mol. The fourth-order valence-electron chi connectivity index (χ4n) is 2.26. The van der Waals surface area contributed by atoms with Gasteiger partial charge in [0.15, 0.2) is 5.82 Å². The van der Waals surface area contributed by atoms with Crippen molar-refractivity contribution in [3.05, 3.63) is 57.5 Å². The molecule has 0 aliphatic heterocycles. The van der Waals surface area contributed by atoms with Gasteiger partial charge in [0.1, 0.15) is 11.5 Å². The molecule has 4 rings (SSSR count). The maximum Gasteiger partial charge on any atom is 0.245 e. The number of pyridine rings is 1. The molecule has 0 spiro atoms. The minimum absolute atomic E-state index is 0.396. The number of hydrogen-bond acceptors (Lipinski definition) is 6. The zero-order valence-electron chi connectivity index (χ0n) is 11.9. The lowest BCUT2D eigenvalue weighted by Gasteiger charge is -2.03. The van der Waals surface area contributed by atoms with Crippen molar-refractivity contribution in [1.82, 2.24) is 20.1 Å². The summed E-state index contributed by atoms with van der Waals surface area (Å²) in [7, 11) is 0. The Kier molecular flexibility index (Phi) is 3.72. The van der Waals surface area contributed by atoms with Crippen molar-refractivity contribution in [2.45, 2.75) is 13.0 Å². The molecule has 23 heavy (non-hydrogen) atoms. The first-order valence-corrected chi connectivity index (χ1v) is 8.25. The molecule has 0 bridgehead atoms. The molecule has 4 aromatic rings. The van der Waals surface area contributed by atoms with Crippen molar-refractivity contribution < 1.29 is 4.52 Å². The van der Waals surface area contributed by atoms with E-state index in [2.05, 4.69) is 31.5 Å². The molecular formula is C15H12ClN5OS. The fraction of sp³-hybridized carbons (Fsp3) is 0.133. The topological polar surface area (TPSA) is 79.6 Å². The Balaban J connectivity index is 1.44. The van der Waals surface area contributed by atoms with Crippen LogP contribution in [0.1, 0.15) is 16.6 Å². The van der Waals surface area contributed by atoms with Crippen molar-refractivity contribution in [3.63, 3.8) is 0 Å². The van der Waals surface area contributed by atoms with Gasteiger partial charge < -0.3 is 14.8 Å². The van der Waals surface area contributed by atoms with Gasteiger partial charge in [-0.15, -0.1) is 11.3 Å². The molecule has 0 aliphatic carbocycles. The number of nitrogens with zero attached hydrogens (tertiary/aromatic N) is 3. The molecular weight excluding hydrogens is 334 g/mol. The summed E-state index contributed by atoms with van der Waals surface area (Å²) >= 11 is 7.89. The fourth-order valence-corrected chi connectivity index (χ4v) is 3.21. The van der Waals surface area contributed by atoms with Gasteiger partial charge in [-0.2, -0.15) is 4.98 Å². The van der Waals surface area contributed by atoms with Crippen LogP contribution in [0.3, 0.4) is 0 Å². The third-order valence-electron chi connectivity index (χ3n) is 3.32. The van der Waals surface area contributed by atoms with Gasteiger partial charge in [-0.05, 0) is 23.6 Å². The van der Waals surface area contributed by atoms with Crippen LogP contribution in [-0.2, 0) is 13.0 Å². The van der Waals surface area contributed by atoms with E-state index >= 15 is 0 Å². The van der Waals surface area contributed by atoms with Crippen molar-refractivity contribution in [2.75, 3.05) is 5.32 Å². The average Bonchev–Trinajstić information content (AvgIpc) is 3.27. The van der Waals surface area contributed by atoms with Crippen LogP contribution in [0.25, 0.3) is 11.0 Å². The molecule has 0 aliphatic rings. The lowest BCUT2D eigenvalue weighted by atomic mass is 10.3. The van der Waals surface area contributed by atoms with Crippen molar-refractivity contribution in [1.29, 1.82) is 0 Å². The lowest BCUT2D eigenvalue weighted by Crippen LogP contribution is -2.02. The summed E-state index contributed by atoms with van der Waals surface area (Å²) in [5.41, 5.74) is 0.740. The summed E-state index contributed by atoms with van der Waals surface area (Å²) in [5, 5.41) is 10.7. The number of aromatic amines is 1. The van der Waals surface area contributed by atoms with Gasteiger partial charge in [-0.1, -0.05) is 22.8 Å². The Morgan fingerprint density at radius 1 is 1.30 bits per heavy atom. The molecule has 4 aromatic heterocycles. The largest absolute Gasteiger partial charge is 0.361 e. The number of rotatable bonds is 5. The molecule has 6 nitrogen and oxygen atoms in total. The molecule has 0 aromatic carbocycles. The summed E-state index contributed by atoms with van der Waals surface area (Å²) in [5.74, 6) is 1.85. The minimum Gasteiger partial charge on any atom is -0.361 e. The minimum atomic E-state index is 0.396. The zero-order chi connectivity index (χ0) is 15.6. The summed E-state index contributed by atoms with van der Waals surface area (Å²) in [4.78, 5) is 13.1. The number of anilines is 1. The van der Waals surface area contributed by atoms with Gasteiger partial charge in [0.2, 0.25) is 5.89 Å². The highest BCUT2D eigenvalue weighted by atomic mass is 35.5. The van der Waals surface area contributed by atoms with Crippen LogP contribution in [0.2, 0.25) is 5.02 Å². The summed E-state index contributed by atoms with van der Waals surface area (Å²) < 4.78 is 5.25. The Bertz CT molecular complexity index is 931. The Hall–Kier alpha value is -2.38. The van der Waals surface area contributed by atoms with Crippen molar-refractivity contribution in [2.24, 2.45) is 0 Å². The standard InChI is InChI=1S/C15H12ClN5OS/c16-11-7-12(20-15-10(11)3-4-17-15)18-8-14-19-13(21-22-14)6-9-2-1-5-23-9/h1-5,7H,6,8H2,(H2,17,18,20). The van der Waals surface area contributed by atoms with E-state index < -0.39 is 0 Å². The van der Waals surface area contributed by atoms with E-state index in [1.807, 2.05) is 23.7 Å². The number of halogens is 1. The molecule has 0 radical (unpaired) electrons. The first-order valence-electron chi connectivity index (χ1n) is 6.99. The van der Waals surface area contributed by atoms with Crippen LogP contribution < -0.4 is 5.32 Å². The third-order valence-corrected chi connectivity index (χ3v) is 4.51. The lowest BCUT2D eigenvalue weighted by molar-refractivity contribution is 0.378. The quantitative estimate of drug-likeness (QED) is 0.574. The smallest absolute Gasteiger partial charge is 0.245 e. The van der Waals surface area contributed by atoms with Gasteiger partial charge in [-0.25, -0.2) is 4.98 Å². The number of H-pyrrole nitrogens is 1. The Morgan fingerprint density at radius 3 is 3.13 bits per heavy atom. The van der Waals surface area contributed by atoms with E-state index in [-0.39, 0.29) is 0 Å². The summed E-state index contributed by atoms with van der Waals surface area (Å²) in [6.07, 6.45) is 2.49. The molecule has 0 saturated heterocycles. The molecule has 116 valence electrons. The Labute approximate surface area is 140 Å².